The molecule has 0 aliphatic heterocycles. The molecule has 6 heteroatoms. The van der Waals surface area contributed by atoms with Crippen LogP contribution in [0, 0.1) is 6.92 Å². The molecule has 0 atom stereocenters. The molecule has 3 rings (SSSR count). The number of aromatic nitrogens is 2. The van der Waals surface area contributed by atoms with E-state index in [1.165, 1.54) is 19.2 Å². The summed E-state index contributed by atoms with van der Waals surface area (Å²) in [6, 6.07) is 7.48. The molecule has 5 nitrogen and oxygen atoms in total. The minimum Gasteiger partial charge on any atom is -0.367 e. The number of anilines is 2. The Morgan fingerprint density at radius 1 is 1.22 bits per heavy atom. The normalized spacial score (nSPS) is 14.7. The Morgan fingerprint density at radius 3 is 2.74 bits per heavy atom. The van der Waals surface area contributed by atoms with Gasteiger partial charge < -0.3 is 10.6 Å². The molecule has 23 heavy (non-hydrogen) atoms. The topological polar surface area (TPSA) is 66.9 Å². The van der Waals surface area contributed by atoms with Crippen LogP contribution >= 0.6 is 11.6 Å². The summed E-state index contributed by atoms with van der Waals surface area (Å²) in [7, 11) is 0. The van der Waals surface area contributed by atoms with Crippen LogP contribution in [-0.4, -0.2) is 21.9 Å². The van der Waals surface area contributed by atoms with Crippen LogP contribution in [0.3, 0.4) is 0 Å². The van der Waals surface area contributed by atoms with Gasteiger partial charge in [0.25, 0.3) is 5.91 Å². The van der Waals surface area contributed by atoms with E-state index in [9.17, 15) is 4.79 Å². The summed E-state index contributed by atoms with van der Waals surface area (Å²) in [6.07, 6.45) is 6.20. The third-order valence-electron chi connectivity index (χ3n) is 4.04. The number of carbonyl (C=O) groups excluding carboxylic acids is 1. The van der Waals surface area contributed by atoms with Crippen LogP contribution in [0.1, 0.15) is 41.7 Å². The van der Waals surface area contributed by atoms with Crippen LogP contribution in [0.2, 0.25) is 5.02 Å². The molecule has 0 unspecified atom stereocenters. The molecular formula is C17H19ClN4O. The van der Waals surface area contributed by atoms with E-state index in [4.69, 9.17) is 11.6 Å². The van der Waals surface area contributed by atoms with E-state index in [0.717, 1.165) is 24.1 Å². The molecule has 1 saturated carbocycles. The zero-order chi connectivity index (χ0) is 16.2. The summed E-state index contributed by atoms with van der Waals surface area (Å²) in [5, 5.41) is 6.87. The maximum Gasteiger partial charge on any atom is 0.274 e. The van der Waals surface area contributed by atoms with Crippen LogP contribution in [0.4, 0.5) is 11.5 Å². The lowest BCUT2D eigenvalue weighted by Crippen LogP contribution is -2.18. The number of hydrogen-bond acceptors (Lipinski definition) is 4. The first-order valence-electron chi connectivity index (χ1n) is 7.78. The summed E-state index contributed by atoms with van der Waals surface area (Å²) < 4.78 is 0. The first-order valence-corrected chi connectivity index (χ1v) is 8.16. The van der Waals surface area contributed by atoms with E-state index in [-0.39, 0.29) is 5.91 Å². The fourth-order valence-electron chi connectivity index (χ4n) is 2.79. The molecule has 0 bridgehead atoms. The molecule has 0 spiro atoms. The summed E-state index contributed by atoms with van der Waals surface area (Å²) in [5.41, 5.74) is 1.97. The van der Waals surface area contributed by atoms with Gasteiger partial charge >= 0.3 is 0 Å². The van der Waals surface area contributed by atoms with Crippen molar-refractivity contribution in [2.24, 2.45) is 0 Å². The predicted octanol–water partition coefficient (Wildman–Crippen LogP) is 4.05. The van der Waals surface area contributed by atoms with E-state index < -0.39 is 0 Å². The van der Waals surface area contributed by atoms with Gasteiger partial charge in [0.15, 0.2) is 0 Å². The smallest absolute Gasteiger partial charge is 0.274 e. The lowest BCUT2D eigenvalue weighted by Gasteiger charge is -2.13. The van der Waals surface area contributed by atoms with E-state index in [0.29, 0.717) is 22.6 Å². The lowest BCUT2D eigenvalue weighted by molar-refractivity contribution is 0.102. The number of hydrogen-bond donors (Lipinski definition) is 2. The highest BCUT2D eigenvalue weighted by molar-refractivity contribution is 6.30. The fourth-order valence-corrected chi connectivity index (χ4v) is 3.02. The summed E-state index contributed by atoms with van der Waals surface area (Å²) in [4.78, 5) is 20.6. The number of benzene rings is 1. The first kappa shape index (κ1) is 15.7. The Hall–Kier alpha value is -2.14. The van der Waals surface area contributed by atoms with Crippen molar-refractivity contribution < 1.29 is 4.79 Å². The molecule has 1 heterocycles. The second kappa shape index (κ2) is 6.96. The van der Waals surface area contributed by atoms with Crippen LogP contribution in [0.15, 0.2) is 30.6 Å². The van der Waals surface area contributed by atoms with Crippen molar-refractivity contribution in [3.05, 3.63) is 46.9 Å². The number of rotatable bonds is 4. The Kier molecular flexibility index (Phi) is 4.76. The van der Waals surface area contributed by atoms with Crippen molar-refractivity contribution in [1.29, 1.82) is 0 Å². The average Bonchev–Trinajstić information content (AvgIpc) is 3.03. The molecule has 1 aliphatic carbocycles. The zero-order valence-corrected chi connectivity index (χ0v) is 13.7. The van der Waals surface area contributed by atoms with Crippen molar-refractivity contribution in [2.45, 2.75) is 38.6 Å². The third-order valence-corrected chi connectivity index (χ3v) is 4.28. The van der Waals surface area contributed by atoms with Crippen molar-refractivity contribution in [3.8, 4) is 0 Å². The number of carbonyl (C=O) groups is 1. The van der Waals surface area contributed by atoms with Gasteiger partial charge in [-0.05, 0) is 43.5 Å². The van der Waals surface area contributed by atoms with Gasteiger partial charge in [0.05, 0.1) is 0 Å². The Bertz CT molecular complexity index is 713. The van der Waals surface area contributed by atoms with E-state index in [2.05, 4.69) is 20.6 Å². The van der Waals surface area contributed by atoms with Gasteiger partial charge in [0.1, 0.15) is 17.8 Å². The number of amides is 1. The Morgan fingerprint density at radius 2 is 2.00 bits per heavy atom. The van der Waals surface area contributed by atoms with Crippen LogP contribution in [0.5, 0.6) is 0 Å². The first-order chi connectivity index (χ1) is 11.1. The van der Waals surface area contributed by atoms with Gasteiger partial charge in [0.2, 0.25) is 0 Å². The van der Waals surface area contributed by atoms with Gasteiger partial charge in [0, 0.05) is 22.8 Å². The summed E-state index contributed by atoms with van der Waals surface area (Å²) in [5.74, 6) is 0.442. The van der Waals surface area contributed by atoms with Gasteiger partial charge in [-0.1, -0.05) is 24.4 Å². The molecule has 2 N–H and O–H groups in total. The quantitative estimate of drug-likeness (QED) is 0.887. The number of halogens is 1. The highest BCUT2D eigenvalue weighted by Gasteiger charge is 2.16. The van der Waals surface area contributed by atoms with Crippen LogP contribution in [0.25, 0.3) is 0 Å². The highest BCUT2D eigenvalue weighted by Crippen LogP contribution is 2.22. The van der Waals surface area contributed by atoms with Crippen LogP contribution < -0.4 is 10.6 Å². The van der Waals surface area contributed by atoms with Gasteiger partial charge in [-0.25, -0.2) is 9.97 Å². The average molecular weight is 331 g/mol. The van der Waals surface area contributed by atoms with Crippen molar-refractivity contribution in [2.75, 3.05) is 10.6 Å². The molecule has 1 amide bonds. The molecule has 0 saturated heterocycles. The molecule has 120 valence electrons. The van der Waals surface area contributed by atoms with Crippen molar-refractivity contribution in [3.63, 3.8) is 0 Å². The minimum absolute atomic E-state index is 0.257. The number of aryl methyl sites for hydroxylation is 1. The minimum atomic E-state index is -0.257. The van der Waals surface area contributed by atoms with Crippen molar-refractivity contribution >= 4 is 29.0 Å². The number of nitrogens with zero attached hydrogens (tertiary/aromatic N) is 2. The maximum atomic E-state index is 12.4. The standard InChI is InChI=1S/C17H19ClN4O/c1-11-8-12(18)6-7-14(11)22-17(23)15-9-16(20-10-19-15)21-13-4-2-3-5-13/h6-10,13H,2-5H2,1H3,(H,22,23)(H,19,20,21). The largest absolute Gasteiger partial charge is 0.367 e. The van der Waals surface area contributed by atoms with E-state index in [1.807, 2.05) is 13.0 Å². The van der Waals surface area contributed by atoms with E-state index >= 15 is 0 Å². The number of nitrogens with one attached hydrogen (secondary N) is 2. The van der Waals surface area contributed by atoms with Gasteiger partial charge in [-0.15, -0.1) is 0 Å². The molecule has 1 aliphatic rings. The predicted molar refractivity (Wildman–Crippen MR) is 92.1 cm³/mol. The Balaban J connectivity index is 1.71. The molecular weight excluding hydrogens is 312 g/mol. The monoisotopic (exact) mass is 330 g/mol. The van der Waals surface area contributed by atoms with E-state index in [1.54, 1.807) is 18.2 Å². The van der Waals surface area contributed by atoms with Crippen LogP contribution in [-0.2, 0) is 0 Å². The molecule has 2 aromatic rings. The zero-order valence-electron chi connectivity index (χ0n) is 13.0. The molecule has 1 aromatic heterocycles. The third kappa shape index (κ3) is 3.99. The van der Waals surface area contributed by atoms with Crippen molar-refractivity contribution in [1.82, 2.24) is 9.97 Å². The molecule has 0 radical (unpaired) electrons. The summed E-state index contributed by atoms with van der Waals surface area (Å²) >= 11 is 5.93. The molecule has 1 fully saturated rings. The second-order valence-corrected chi connectivity index (χ2v) is 6.26. The summed E-state index contributed by atoms with van der Waals surface area (Å²) in [6.45, 7) is 1.90. The SMILES string of the molecule is Cc1cc(Cl)ccc1NC(=O)c1cc(NC2CCCC2)ncn1. The fraction of sp³-hybridized carbons (Fsp3) is 0.353. The Labute approximate surface area is 140 Å². The molecule has 1 aromatic carbocycles. The second-order valence-electron chi connectivity index (χ2n) is 5.83. The maximum absolute atomic E-state index is 12.4. The van der Waals surface area contributed by atoms with Gasteiger partial charge in [-0.2, -0.15) is 0 Å². The highest BCUT2D eigenvalue weighted by atomic mass is 35.5. The van der Waals surface area contributed by atoms with Gasteiger partial charge in [-0.3, -0.25) is 4.79 Å². The lowest BCUT2D eigenvalue weighted by atomic mass is 10.2.